The van der Waals surface area contributed by atoms with Crippen LogP contribution in [0.2, 0.25) is 0 Å². The molecule has 1 heterocycles. The predicted molar refractivity (Wildman–Crippen MR) is 55.7 cm³/mol. The van der Waals surface area contributed by atoms with E-state index in [0.717, 1.165) is 0 Å². The summed E-state index contributed by atoms with van der Waals surface area (Å²) in [5, 5.41) is 6.51. The Bertz CT molecular complexity index is 347. The van der Waals surface area contributed by atoms with E-state index in [9.17, 15) is 22.8 Å². The summed E-state index contributed by atoms with van der Waals surface area (Å²) in [4.78, 5) is 22.9. The highest BCUT2D eigenvalue weighted by atomic mass is 32.1. The summed E-state index contributed by atoms with van der Waals surface area (Å²) in [5.41, 5.74) is 0. The number of thiol groups is 1. The lowest BCUT2D eigenvalue weighted by Crippen LogP contribution is -2.62. The lowest BCUT2D eigenvalue weighted by Gasteiger charge is -2.31. The van der Waals surface area contributed by atoms with E-state index in [-0.39, 0.29) is 6.54 Å². The van der Waals surface area contributed by atoms with E-state index in [1.807, 2.05) is 0 Å². The van der Waals surface area contributed by atoms with Gasteiger partial charge in [0, 0.05) is 12.8 Å². The average molecular weight is 272 g/mol. The maximum atomic E-state index is 12.4. The quantitative estimate of drug-likeness (QED) is 0.567. The van der Waals surface area contributed by atoms with Gasteiger partial charge in [0.05, 0.1) is 6.54 Å². The molecule has 1 rings (SSSR count). The molecule has 8 heteroatoms. The minimum absolute atomic E-state index is 0.109. The van der Waals surface area contributed by atoms with Crippen molar-refractivity contribution in [1.29, 1.82) is 0 Å². The van der Waals surface area contributed by atoms with Gasteiger partial charge in [-0.1, -0.05) is 0 Å². The molecule has 1 saturated heterocycles. The van der Waals surface area contributed by atoms with Crippen LogP contribution in [0.1, 0.15) is 19.8 Å². The van der Waals surface area contributed by atoms with E-state index in [2.05, 4.69) is 12.6 Å². The van der Waals surface area contributed by atoms with Crippen LogP contribution in [0.5, 0.6) is 0 Å². The SMILES string of the molecule is C[C@@H]1CCC[N+]1(C(=O)O)C(=O)C(S)C(F)(F)F. The van der Waals surface area contributed by atoms with Gasteiger partial charge in [-0.3, -0.25) is 0 Å². The number of carbonyl (C=O) groups is 2. The molecule has 0 spiro atoms. The molecule has 1 fully saturated rings. The molecule has 0 radical (unpaired) electrons. The zero-order valence-electron chi connectivity index (χ0n) is 9.07. The van der Waals surface area contributed by atoms with Crippen LogP contribution >= 0.6 is 12.6 Å². The molecule has 2 unspecified atom stereocenters. The first kappa shape index (κ1) is 14.3. The van der Waals surface area contributed by atoms with Gasteiger partial charge >= 0.3 is 18.2 Å². The van der Waals surface area contributed by atoms with E-state index in [0.29, 0.717) is 12.8 Å². The third-order valence-corrected chi connectivity index (χ3v) is 3.68. The van der Waals surface area contributed by atoms with Gasteiger partial charge in [0.1, 0.15) is 6.04 Å². The summed E-state index contributed by atoms with van der Waals surface area (Å²) < 4.78 is 36.1. The van der Waals surface area contributed by atoms with Crippen LogP contribution in [-0.4, -0.2) is 45.6 Å². The molecular weight excluding hydrogens is 259 g/mol. The molecule has 1 aliphatic heterocycles. The summed E-state index contributed by atoms with van der Waals surface area (Å²) in [7, 11) is 0. The Balaban J connectivity index is 3.10. The van der Waals surface area contributed by atoms with Crippen molar-refractivity contribution in [3.63, 3.8) is 0 Å². The maximum Gasteiger partial charge on any atom is 0.521 e. The molecule has 0 aromatic heterocycles. The normalized spacial score (nSPS) is 31.2. The number of hydrogen-bond acceptors (Lipinski definition) is 3. The topological polar surface area (TPSA) is 54.4 Å². The van der Waals surface area contributed by atoms with Crippen LogP contribution in [0.15, 0.2) is 0 Å². The van der Waals surface area contributed by atoms with Crippen molar-refractivity contribution in [3.8, 4) is 0 Å². The molecule has 0 saturated carbocycles. The lowest BCUT2D eigenvalue weighted by molar-refractivity contribution is -0.792. The number of halogens is 3. The van der Waals surface area contributed by atoms with Gasteiger partial charge < -0.3 is 5.11 Å². The van der Waals surface area contributed by atoms with Gasteiger partial charge in [0.2, 0.25) is 5.25 Å². The number of rotatable bonds is 1. The molecule has 17 heavy (non-hydrogen) atoms. The van der Waals surface area contributed by atoms with Crippen molar-refractivity contribution in [1.82, 2.24) is 0 Å². The molecule has 1 aliphatic rings. The van der Waals surface area contributed by atoms with Crippen molar-refractivity contribution >= 4 is 24.6 Å². The van der Waals surface area contributed by atoms with E-state index >= 15 is 0 Å². The van der Waals surface area contributed by atoms with Gasteiger partial charge in [-0.2, -0.15) is 35.1 Å². The zero-order valence-corrected chi connectivity index (χ0v) is 9.96. The highest BCUT2D eigenvalue weighted by molar-refractivity contribution is 7.81. The number of carboxylic acid groups (broad SMARTS) is 1. The van der Waals surface area contributed by atoms with Gasteiger partial charge in [-0.25, -0.2) is 4.79 Å². The fourth-order valence-electron chi connectivity index (χ4n) is 2.14. The fraction of sp³-hybridized carbons (Fsp3) is 0.778. The Morgan fingerprint density at radius 3 is 2.29 bits per heavy atom. The Labute approximate surface area is 101 Å². The Morgan fingerprint density at radius 1 is 1.47 bits per heavy atom. The minimum Gasteiger partial charge on any atom is -0.435 e. The van der Waals surface area contributed by atoms with Crippen molar-refractivity contribution in [2.24, 2.45) is 0 Å². The molecule has 1 N–H and O–H groups in total. The second-order valence-electron chi connectivity index (χ2n) is 4.15. The monoisotopic (exact) mass is 272 g/mol. The number of carbonyl (C=O) groups excluding carboxylic acids is 1. The highest BCUT2D eigenvalue weighted by Crippen LogP contribution is 2.34. The van der Waals surface area contributed by atoms with Crippen LogP contribution in [0, 0.1) is 0 Å². The molecule has 0 aromatic carbocycles. The Hall–Kier alpha value is -0.760. The van der Waals surface area contributed by atoms with E-state index < -0.39 is 34.0 Å². The smallest absolute Gasteiger partial charge is 0.435 e. The standard InChI is InChI=1S/C9H12F3NO3S/c1-5-3-2-4-13(5,8(15)16)7(14)6(17)9(10,11)12/h5-6H,2-4H2,1H3,(H-,15,16,17)/p+1/t5-,6?,13?/m1/s1. The first-order valence-electron chi connectivity index (χ1n) is 5.04. The second-order valence-corrected chi connectivity index (χ2v) is 4.67. The highest BCUT2D eigenvalue weighted by Gasteiger charge is 2.59. The summed E-state index contributed by atoms with van der Waals surface area (Å²) in [6.07, 6.45) is -5.54. The summed E-state index contributed by atoms with van der Waals surface area (Å²) >= 11 is 3.22. The van der Waals surface area contributed by atoms with E-state index in [1.165, 1.54) is 6.92 Å². The summed E-state index contributed by atoms with van der Waals surface area (Å²) in [6.45, 7) is 1.36. The predicted octanol–water partition coefficient (Wildman–Crippen LogP) is 2.05. The zero-order chi connectivity index (χ0) is 13.4. The molecule has 0 bridgehead atoms. The lowest BCUT2D eigenvalue weighted by atomic mass is 10.2. The first-order valence-corrected chi connectivity index (χ1v) is 5.56. The first-order chi connectivity index (χ1) is 7.64. The molecule has 0 aliphatic carbocycles. The van der Waals surface area contributed by atoms with Crippen LogP contribution in [0.4, 0.5) is 18.0 Å². The number of amides is 2. The largest absolute Gasteiger partial charge is 0.521 e. The fourth-order valence-corrected chi connectivity index (χ4v) is 2.35. The molecule has 3 atom stereocenters. The van der Waals surface area contributed by atoms with Crippen molar-refractivity contribution in [2.75, 3.05) is 6.54 Å². The number of likely N-dealkylation sites (tertiary alicyclic amines) is 1. The number of nitrogens with zero attached hydrogens (tertiary/aromatic N) is 1. The minimum atomic E-state index is -4.83. The third-order valence-electron chi connectivity index (χ3n) is 3.16. The van der Waals surface area contributed by atoms with Gasteiger partial charge in [0.25, 0.3) is 0 Å². The van der Waals surface area contributed by atoms with Crippen LogP contribution < -0.4 is 0 Å². The third kappa shape index (κ3) is 2.28. The van der Waals surface area contributed by atoms with Crippen molar-refractivity contribution in [3.05, 3.63) is 0 Å². The van der Waals surface area contributed by atoms with Crippen LogP contribution in [0.25, 0.3) is 0 Å². The van der Waals surface area contributed by atoms with Crippen molar-refractivity contribution < 1.29 is 32.3 Å². The van der Waals surface area contributed by atoms with Crippen LogP contribution in [-0.2, 0) is 4.79 Å². The number of quaternary nitrogens is 1. The Morgan fingerprint density at radius 2 is 2.00 bits per heavy atom. The van der Waals surface area contributed by atoms with E-state index in [1.54, 1.807) is 0 Å². The number of alkyl halides is 3. The number of hydrogen-bond donors (Lipinski definition) is 2. The maximum absolute atomic E-state index is 12.4. The average Bonchev–Trinajstić information content (AvgIpc) is 2.57. The van der Waals surface area contributed by atoms with Gasteiger partial charge in [-0.15, -0.1) is 0 Å². The number of imide groups is 1. The molecule has 2 amide bonds. The molecular formula is C9H13F3NO3S+. The van der Waals surface area contributed by atoms with E-state index in [4.69, 9.17) is 5.11 Å². The second kappa shape index (κ2) is 4.49. The van der Waals surface area contributed by atoms with Crippen LogP contribution in [0.3, 0.4) is 0 Å². The summed E-state index contributed by atoms with van der Waals surface area (Å²) in [5.74, 6) is -1.40. The summed E-state index contributed by atoms with van der Waals surface area (Å²) in [6, 6.07) is -0.656. The molecule has 0 aromatic rings. The van der Waals surface area contributed by atoms with Crippen molar-refractivity contribution in [2.45, 2.75) is 37.2 Å². The molecule has 98 valence electrons. The Kier molecular flexibility index (Phi) is 3.78. The van der Waals surface area contributed by atoms with Gasteiger partial charge in [0.15, 0.2) is 0 Å². The molecule has 4 nitrogen and oxygen atoms in total. The van der Waals surface area contributed by atoms with Gasteiger partial charge in [-0.05, 0) is 6.92 Å².